The number of nitrogens with two attached hydrogens (primary N) is 1. The first-order valence-corrected chi connectivity index (χ1v) is 6.43. The van der Waals surface area contributed by atoms with Crippen LogP contribution in [0.25, 0.3) is 0 Å². The normalized spacial score (nSPS) is 12.2. The lowest BCUT2D eigenvalue weighted by atomic mass is 9.99. The SMILES string of the molecule is CCOc1cccc(C(N)c2cccc(F)c2Cl)c1. The van der Waals surface area contributed by atoms with Crippen molar-refractivity contribution in [2.24, 2.45) is 5.73 Å². The van der Waals surface area contributed by atoms with E-state index in [1.807, 2.05) is 31.2 Å². The maximum Gasteiger partial charge on any atom is 0.142 e. The average molecular weight is 280 g/mol. The molecule has 4 heteroatoms. The molecule has 0 radical (unpaired) electrons. The van der Waals surface area contributed by atoms with E-state index in [9.17, 15) is 4.39 Å². The summed E-state index contributed by atoms with van der Waals surface area (Å²) >= 11 is 5.95. The van der Waals surface area contributed by atoms with Crippen LogP contribution in [0, 0.1) is 5.82 Å². The fraction of sp³-hybridized carbons (Fsp3) is 0.200. The Morgan fingerprint density at radius 3 is 2.74 bits per heavy atom. The molecule has 0 aliphatic heterocycles. The quantitative estimate of drug-likeness (QED) is 0.920. The molecule has 0 aliphatic rings. The van der Waals surface area contributed by atoms with E-state index < -0.39 is 11.9 Å². The monoisotopic (exact) mass is 279 g/mol. The second-order valence-electron chi connectivity index (χ2n) is 4.13. The molecular weight excluding hydrogens is 265 g/mol. The van der Waals surface area contributed by atoms with Gasteiger partial charge in [0.1, 0.15) is 11.6 Å². The van der Waals surface area contributed by atoms with E-state index in [2.05, 4.69) is 0 Å². The molecular formula is C15H15ClFNO. The Morgan fingerprint density at radius 2 is 2.00 bits per heavy atom. The number of hydrogen-bond acceptors (Lipinski definition) is 2. The summed E-state index contributed by atoms with van der Waals surface area (Å²) < 4.78 is 18.9. The first kappa shape index (κ1) is 13.8. The van der Waals surface area contributed by atoms with Crippen LogP contribution < -0.4 is 10.5 Å². The predicted molar refractivity (Wildman–Crippen MR) is 75.1 cm³/mol. The highest BCUT2D eigenvalue weighted by Crippen LogP contribution is 2.29. The molecule has 1 unspecified atom stereocenters. The summed E-state index contributed by atoms with van der Waals surface area (Å²) in [5.74, 6) is 0.276. The molecule has 0 amide bonds. The molecule has 0 aromatic heterocycles. The number of benzene rings is 2. The summed E-state index contributed by atoms with van der Waals surface area (Å²) in [6.07, 6.45) is 0. The Labute approximate surface area is 117 Å². The Balaban J connectivity index is 2.35. The van der Waals surface area contributed by atoms with Gasteiger partial charge >= 0.3 is 0 Å². The smallest absolute Gasteiger partial charge is 0.142 e. The second-order valence-corrected chi connectivity index (χ2v) is 4.50. The van der Waals surface area contributed by atoms with Gasteiger partial charge in [0, 0.05) is 0 Å². The molecule has 2 aromatic rings. The highest BCUT2D eigenvalue weighted by molar-refractivity contribution is 6.31. The summed E-state index contributed by atoms with van der Waals surface area (Å²) in [6, 6.07) is 11.6. The van der Waals surface area contributed by atoms with Gasteiger partial charge in [-0.1, -0.05) is 35.9 Å². The summed E-state index contributed by atoms with van der Waals surface area (Å²) in [5.41, 5.74) is 7.54. The van der Waals surface area contributed by atoms with Crippen molar-refractivity contribution >= 4 is 11.6 Å². The standard InChI is InChI=1S/C15H15ClFNO/c1-2-19-11-6-3-5-10(9-11)15(18)12-7-4-8-13(17)14(12)16/h3-9,15H,2,18H2,1H3. The van der Waals surface area contributed by atoms with Crippen molar-refractivity contribution in [3.05, 3.63) is 64.4 Å². The van der Waals surface area contributed by atoms with Crippen LogP contribution in [0.2, 0.25) is 5.02 Å². The number of ether oxygens (including phenoxy) is 1. The summed E-state index contributed by atoms with van der Waals surface area (Å²) in [4.78, 5) is 0. The van der Waals surface area contributed by atoms with Crippen molar-refractivity contribution in [1.82, 2.24) is 0 Å². The zero-order chi connectivity index (χ0) is 13.8. The minimum atomic E-state index is -0.483. The average Bonchev–Trinajstić information content (AvgIpc) is 2.42. The van der Waals surface area contributed by atoms with Gasteiger partial charge in [-0.3, -0.25) is 0 Å². The molecule has 2 rings (SSSR count). The van der Waals surface area contributed by atoms with E-state index >= 15 is 0 Å². The maximum absolute atomic E-state index is 13.4. The van der Waals surface area contributed by atoms with E-state index in [0.29, 0.717) is 12.2 Å². The van der Waals surface area contributed by atoms with Crippen LogP contribution in [0.4, 0.5) is 4.39 Å². The highest BCUT2D eigenvalue weighted by Gasteiger charge is 2.15. The van der Waals surface area contributed by atoms with E-state index in [-0.39, 0.29) is 5.02 Å². The van der Waals surface area contributed by atoms with Gasteiger partial charge in [0.15, 0.2) is 0 Å². The first-order valence-electron chi connectivity index (χ1n) is 6.05. The number of hydrogen-bond donors (Lipinski definition) is 1. The molecule has 19 heavy (non-hydrogen) atoms. The predicted octanol–water partition coefficient (Wildman–Crippen LogP) is 3.93. The topological polar surface area (TPSA) is 35.2 Å². The molecule has 0 saturated heterocycles. The fourth-order valence-corrected chi connectivity index (χ4v) is 2.15. The van der Waals surface area contributed by atoms with Crippen molar-refractivity contribution in [3.8, 4) is 5.75 Å². The third kappa shape index (κ3) is 3.06. The van der Waals surface area contributed by atoms with Crippen molar-refractivity contribution in [3.63, 3.8) is 0 Å². The van der Waals surface area contributed by atoms with Crippen molar-refractivity contribution in [2.75, 3.05) is 6.61 Å². The molecule has 0 saturated carbocycles. The van der Waals surface area contributed by atoms with Crippen molar-refractivity contribution < 1.29 is 9.13 Å². The molecule has 2 aromatic carbocycles. The van der Waals surface area contributed by atoms with Gasteiger partial charge in [-0.15, -0.1) is 0 Å². The molecule has 0 fully saturated rings. The van der Waals surface area contributed by atoms with Gasteiger partial charge in [0.05, 0.1) is 17.7 Å². The molecule has 0 aliphatic carbocycles. The zero-order valence-electron chi connectivity index (χ0n) is 10.6. The van der Waals surface area contributed by atoms with Crippen LogP contribution in [0.15, 0.2) is 42.5 Å². The molecule has 100 valence electrons. The molecule has 2 nitrogen and oxygen atoms in total. The lowest BCUT2D eigenvalue weighted by Crippen LogP contribution is -2.13. The van der Waals surface area contributed by atoms with Gasteiger partial charge in [0.25, 0.3) is 0 Å². The van der Waals surface area contributed by atoms with Crippen LogP contribution in [0.3, 0.4) is 0 Å². The largest absolute Gasteiger partial charge is 0.494 e. The van der Waals surface area contributed by atoms with Crippen LogP contribution in [-0.4, -0.2) is 6.61 Å². The Kier molecular flexibility index (Phi) is 4.40. The zero-order valence-corrected chi connectivity index (χ0v) is 11.3. The summed E-state index contributed by atoms with van der Waals surface area (Å²) in [5, 5.41) is 0.0665. The second kappa shape index (κ2) is 6.04. The van der Waals surface area contributed by atoms with E-state index in [0.717, 1.165) is 11.3 Å². The third-order valence-corrected chi connectivity index (χ3v) is 3.24. The Hall–Kier alpha value is -1.58. The van der Waals surface area contributed by atoms with E-state index in [1.54, 1.807) is 12.1 Å². The van der Waals surface area contributed by atoms with Crippen LogP contribution >= 0.6 is 11.6 Å². The van der Waals surface area contributed by atoms with Gasteiger partial charge in [-0.2, -0.15) is 0 Å². The van der Waals surface area contributed by atoms with Crippen LogP contribution in [-0.2, 0) is 0 Å². The van der Waals surface area contributed by atoms with Crippen LogP contribution in [0.5, 0.6) is 5.75 Å². The van der Waals surface area contributed by atoms with Crippen molar-refractivity contribution in [1.29, 1.82) is 0 Å². The van der Waals surface area contributed by atoms with Gasteiger partial charge in [0.2, 0.25) is 0 Å². The minimum Gasteiger partial charge on any atom is -0.494 e. The van der Waals surface area contributed by atoms with Crippen LogP contribution in [0.1, 0.15) is 24.1 Å². The van der Waals surface area contributed by atoms with Gasteiger partial charge in [-0.25, -0.2) is 4.39 Å². The fourth-order valence-electron chi connectivity index (χ4n) is 1.90. The van der Waals surface area contributed by atoms with Gasteiger partial charge in [-0.05, 0) is 36.2 Å². The molecule has 1 atom stereocenters. The minimum absolute atomic E-state index is 0.0665. The maximum atomic E-state index is 13.4. The van der Waals surface area contributed by atoms with E-state index in [1.165, 1.54) is 6.07 Å². The number of halogens is 2. The molecule has 0 bridgehead atoms. The van der Waals surface area contributed by atoms with Crippen molar-refractivity contribution in [2.45, 2.75) is 13.0 Å². The van der Waals surface area contributed by atoms with Gasteiger partial charge < -0.3 is 10.5 Å². The Bertz CT molecular complexity index is 574. The van der Waals surface area contributed by atoms with E-state index in [4.69, 9.17) is 22.1 Å². The summed E-state index contributed by atoms with van der Waals surface area (Å²) in [7, 11) is 0. The molecule has 0 spiro atoms. The third-order valence-electron chi connectivity index (χ3n) is 2.84. The summed E-state index contributed by atoms with van der Waals surface area (Å²) in [6.45, 7) is 2.50. The first-order chi connectivity index (χ1) is 9.13. The Morgan fingerprint density at radius 1 is 1.26 bits per heavy atom. The molecule has 2 N–H and O–H groups in total. The lowest BCUT2D eigenvalue weighted by molar-refractivity contribution is 0.340. The molecule has 0 heterocycles. The highest BCUT2D eigenvalue weighted by atomic mass is 35.5. The lowest BCUT2D eigenvalue weighted by Gasteiger charge is -2.15. The number of rotatable bonds is 4.